The zero-order chi connectivity index (χ0) is 20.1. The quantitative estimate of drug-likeness (QED) is 0.730. The fourth-order valence-electron chi connectivity index (χ4n) is 3.84. The number of fused-ring (bicyclic) bond motifs is 1. The number of para-hydroxylation sites is 2. The third kappa shape index (κ3) is 4.70. The van der Waals surface area contributed by atoms with E-state index in [2.05, 4.69) is 0 Å². The third-order valence-electron chi connectivity index (χ3n) is 5.37. The van der Waals surface area contributed by atoms with Crippen LogP contribution in [0.25, 0.3) is 0 Å². The lowest BCUT2D eigenvalue weighted by molar-refractivity contribution is -0.144. The summed E-state index contributed by atoms with van der Waals surface area (Å²) in [4.78, 5) is 29.2. The molecule has 2 aromatic carbocycles. The van der Waals surface area contributed by atoms with E-state index in [-0.39, 0.29) is 25.0 Å². The molecule has 2 aromatic rings. The molecule has 1 unspecified atom stereocenters. The molecule has 4 rings (SSSR count). The van der Waals surface area contributed by atoms with Crippen molar-refractivity contribution in [2.24, 2.45) is 0 Å². The molecule has 0 radical (unpaired) electrons. The van der Waals surface area contributed by atoms with E-state index in [9.17, 15) is 9.59 Å². The van der Waals surface area contributed by atoms with Gasteiger partial charge in [-0.3, -0.25) is 9.59 Å². The van der Waals surface area contributed by atoms with E-state index < -0.39 is 6.10 Å². The molecule has 1 amide bonds. The van der Waals surface area contributed by atoms with Crippen LogP contribution in [0.3, 0.4) is 0 Å². The lowest BCUT2D eigenvalue weighted by atomic mass is 10.1. The highest BCUT2D eigenvalue weighted by atomic mass is 16.5. The van der Waals surface area contributed by atoms with Gasteiger partial charge in [0.15, 0.2) is 6.10 Å². The van der Waals surface area contributed by atoms with Crippen LogP contribution in [0.5, 0.6) is 5.75 Å². The summed E-state index contributed by atoms with van der Waals surface area (Å²) in [5.41, 5.74) is 1.76. The number of amides is 1. The second kappa shape index (κ2) is 8.99. The van der Waals surface area contributed by atoms with Crippen molar-refractivity contribution in [3.05, 3.63) is 60.2 Å². The van der Waals surface area contributed by atoms with Gasteiger partial charge in [-0.25, -0.2) is 0 Å². The number of likely N-dealkylation sites (tertiary alicyclic amines) is 1. The van der Waals surface area contributed by atoms with Gasteiger partial charge in [0.05, 0.1) is 12.2 Å². The van der Waals surface area contributed by atoms with E-state index in [1.54, 1.807) is 0 Å². The first-order valence-electron chi connectivity index (χ1n) is 10.2. The highest BCUT2D eigenvalue weighted by Gasteiger charge is 2.34. The zero-order valence-electron chi connectivity index (χ0n) is 16.5. The lowest BCUT2D eigenvalue weighted by Gasteiger charge is -2.37. The van der Waals surface area contributed by atoms with Crippen molar-refractivity contribution in [3.63, 3.8) is 0 Å². The summed E-state index contributed by atoms with van der Waals surface area (Å²) >= 11 is 0. The highest BCUT2D eigenvalue weighted by molar-refractivity contribution is 5.85. The Labute approximate surface area is 171 Å². The number of carbonyl (C=O) groups excluding carboxylic acids is 2. The van der Waals surface area contributed by atoms with E-state index in [4.69, 9.17) is 9.47 Å². The predicted molar refractivity (Wildman–Crippen MR) is 110 cm³/mol. The Morgan fingerprint density at radius 3 is 2.48 bits per heavy atom. The molecule has 0 saturated carbocycles. The van der Waals surface area contributed by atoms with E-state index in [1.807, 2.05) is 64.4 Å². The third-order valence-corrected chi connectivity index (χ3v) is 5.37. The SMILES string of the molecule is O=C(CN1CC(C(=O)N2CCCCC2)Oc2ccccc21)OCc1ccccc1. The molecule has 0 aliphatic carbocycles. The Hall–Kier alpha value is -3.02. The summed E-state index contributed by atoms with van der Waals surface area (Å²) < 4.78 is 11.4. The number of benzene rings is 2. The number of piperidine rings is 1. The molecular formula is C23H26N2O4. The van der Waals surface area contributed by atoms with Crippen LogP contribution >= 0.6 is 0 Å². The molecule has 0 bridgehead atoms. The van der Waals surface area contributed by atoms with Crippen molar-refractivity contribution in [2.75, 3.05) is 31.1 Å². The van der Waals surface area contributed by atoms with Crippen molar-refractivity contribution in [3.8, 4) is 5.75 Å². The van der Waals surface area contributed by atoms with Crippen molar-refractivity contribution in [2.45, 2.75) is 32.0 Å². The van der Waals surface area contributed by atoms with E-state index >= 15 is 0 Å². The van der Waals surface area contributed by atoms with Crippen LogP contribution in [-0.4, -0.2) is 49.1 Å². The Balaban J connectivity index is 1.43. The number of hydrogen-bond donors (Lipinski definition) is 0. The van der Waals surface area contributed by atoms with Crippen molar-refractivity contribution in [1.29, 1.82) is 0 Å². The van der Waals surface area contributed by atoms with Gasteiger partial charge in [0.25, 0.3) is 5.91 Å². The van der Waals surface area contributed by atoms with Gasteiger partial charge in [-0.05, 0) is 37.0 Å². The average Bonchev–Trinajstić information content (AvgIpc) is 2.78. The van der Waals surface area contributed by atoms with Crippen LogP contribution in [0.2, 0.25) is 0 Å². The van der Waals surface area contributed by atoms with Gasteiger partial charge in [0.2, 0.25) is 0 Å². The molecule has 1 atom stereocenters. The number of carbonyl (C=O) groups is 2. The summed E-state index contributed by atoms with van der Waals surface area (Å²) in [5, 5.41) is 0. The Kier molecular flexibility index (Phi) is 5.98. The molecule has 2 heterocycles. The normalized spacial score (nSPS) is 18.6. The van der Waals surface area contributed by atoms with E-state index in [0.29, 0.717) is 12.3 Å². The molecule has 1 fully saturated rings. The minimum Gasteiger partial charge on any atom is -0.477 e. The first-order chi connectivity index (χ1) is 14.2. The van der Waals surface area contributed by atoms with Crippen molar-refractivity contribution < 1.29 is 19.1 Å². The smallest absolute Gasteiger partial charge is 0.325 e. The van der Waals surface area contributed by atoms with Crippen LogP contribution in [0, 0.1) is 0 Å². The summed E-state index contributed by atoms with van der Waals surface area (Å²) in [5.74, 6) is 0.307. The lowest BCUT2D eigenvalue weighted by Crippen LogP contribution is -2.52. The molecule has 6 heteroatoms. The second-order valence-corrected chi connectivity index (χ2v) is 7.49. The molecule has 29 heavy (non-hydrogen) atoms. The topological polar surface area (TPSA) is 59.1 Å². The van der Waals surface area contributed by atoms with Gasteiger partial charge < -0.3 is 19.3 Å². The van der Waals surface area contributed by atoms with Crippen LogP contribution < -0.4 is 9.64 Å². The maximum Gasteiger partial charge on any atom is 0.325 e. The van der Waals surface area contributed by atoms with Crippen LogP contribution in [0.1, 0.15) is 24.8 Å². The van der Waals surface area contributed by atoms with Gasteiger partial charge in [-0.2, -0.15) is 0 Å². The summed E-state index contributed by atoms with van der Waals surface area (Å²) in [6.07, 6.45) is 2.62. The molecule has 152 valence electrons. The van der Waals surface area contributed by atoms with Crippen LogP contribution in [0.15, 0.2) is 54.6 Å². The zero-order valence-corrected chi connectivity index (χ0v) is 16.5. The molecule has 0 N–H and O–H groups in total. The minimum atomic E-state index is -0.607. The number of hydrogen-bond acceptors (Lipinski definition) is 5. The van der Waals surface area contributed by atoms with Gasteiger partial charge in [-0.1, -0.05) is 42.5 Å². The maximum absolute atomic E-state index is 13.0. The molecular weight excluding hydrogens is 368 g/mol. The van der Waals surface area contributed by atoms with Gasteiger partial charge in [-0.15, -0.1) is 0 Å². The largest absolute Gasteiger partial charge is 0.477 e. The monoisotopic (exact) mass is 394 g/mol. The number of esters is 1. The van der Waals surface area contributed by atoms with Crippen LogP contribution in [-0.2, 0) is 20.9 Å². The van der Waals surface area contributed by atoms with Gasteiger partial charge in [0, 0.05) is 13.1 Å². The highest BCUT2D eigenvalue weighted by Crippen LogP contribution is 2.33. The summed E-state index contributed by atoms with van der Waals surface area (Å²) in [6.45, 7) is 2.21. The minimum absolute atomic E-state index is 0.00172. The van der Waals surface area contributed by atoms with Crippen LogP contribution in [0.4, 0.5) is 5.69 Å². The first-order valence-corrected chi connectivity index (χ1v) is 10.2. The first kappa shape index (κ1) is 19.3. The Bertz CT molecular complexity index is 849. The van der Waals surface area contributed by atoms with Crippen molar-refractivity contribution >= 4 is 17.6 Å². The second-order valence-electron chi connectivity index (χ2n) is 7.49. The summed E-state index contributed by atoms with van der Waals surface area (Å²) in [6, 6.07) is 17.1. The fraction of sp³-hybridized carbons (Fsp3) is 0.391. The molecule has 0 spiro atoms. The molecule has 6 nitrogen and oxygen atoms in total. The van der Waals surface area contributed by atoms with Crippen molar-refractivity contribution in [1.82, 2.24) is 4.90 Å². The van der Waals surface area contributed by atoms with Gasteiger partial charge >= 0.3 is 5.97 Å². The number of rotatable bonds is 5. The van der Waals surface area contributed by atoms with Gasteiger partial charge in [0.1, 0.15) is 18.9 Å². The Morgan fingerprint density at radius 2 is 1.69 bits per heavy atom. The van der Waals surface area contributed by atoms with E-state index in [1.165, 1.54) is 0 Å². The Morgan fingerprint density at radius 1 is 0.966 bits per heavy atom. The molecule has 2 aliphatic rings. The number of ether oxygens (including phenoxy) is 2. The average molecular weight is 394 g/mol. The molecule has 2 aliphatic heterocycles. The maximum atomic E-state index is 13.0. The number of anilines is 1. The predicted octanol–water partition coefficient (Wildman–Crippen LogP) is 3.01. The standard InChI is InChI=1S/C23H26N2O4/c26-22(28-17-18-9-3-1-4-10-18)16-25-15-21(23(27)24-13-7-2-8-14-24)29-20-12-6-5-11-19(20)25/h1,3-6,9-12,21H,2,7-8,13-17H2. The summed E-state index contributed by atoms with van der Waals surface area (Å²) in [7, 11) is 0. The molecule has 1 saturated heterocycles. The molecule has 0 aromatic heterocycles. The fourth-order valence-corrected chi connectivity index (χ4v) is 3.84. The van der Waals surface area contributed by atoms with E-state index in [0.717, 1.165) is 43.6 Å². The number of nitrogens with zero attached hydrogens (tertiary/aromatic N) is 2.